The molecule has 0 aliphatic carbocycles. The van der Waals surface area contributed by atoms with Gasteiger partial charge in [-0.3, -0.25) is 9.59 Å². The smallest absolute Gasteiger partial charge is 0.224 e. The minimum absolute atomic E-state index is 0.0247. The summed E-state index contributed by atoms with van der Waals surface area (Å²) < 4.78 is 11.5. The Morgan fingerprint density at radius 2 is 2.08 bits per heavy atom. The van der Waals surface area contributed by atoms with Crippen molar-refractivity contribution in [3.05, 3.63) is 57.8 Å². The molecule has 6 heteroatoms. The van der Waals surface area contributed by atoms with Crippen molar-refractivity contribution in [1.82, 2.24) is 5.32 Å². The molecule has 138 valence electrons. The molecule has 0 unspecified atom stereocenters. The van der Waals surface area contributed by atoms with Crippen LogP contribution in [0.3, 0.4) is 0 Å². The monoisotopic (exact) mass is 373 g/mol. The minimum atomic E-state index is -0.161. The van der Waals surface area contributed by atoms with Gasteiger partial charge in [-0.2, -0.15) is 0 Å². The summed E-state index contributed by atoms with van der Waals surface area (Å²) in [4.78, 5) is 24.4. The highest BCUT2D eigenvalue weighted by atomic mass is 32.1. The molecule has 1 N–H and O–H groups in total. The normalized spacial score (nSPS) is 19.9. The van der Waals surface area contributed by atoms with Crippen LogP contribution in [0.5, 0.6) is 0 Å². The summed E-state index contributed by atoms with van der Waals surface area (Å²) in [5.41, 5.74) is 1.97. The lowest BCUT2D eigenvalue weighted by molar-refractivity contribution is -0.125. The van der Waals surface area contributed by atoms with Crippen LogP contribution in [0.2, 0.25) is 0 Å². The largest absolute Gasteiger partial charge is 0.379 e. The first-order chi connectivity index (χ1) is 12.6. The summed E-state index contributed by atoms with van der Waals surface area (Å²) in [7, 11) is 0. The maximum absolute atomic E-state index is 12.4. The van der Waals surface area contributed by atoms with Crippen molar-refractivity contribution < 1.29 is 19.1 Å². The maximum Gasteiger partial charge on any atom is 0.224 e. The molecule has 5 nitrogen and oxygen atoms in total. The minimum Gasteiger partial charge on any atom is -0.379 e. The van der Waals surface area contributed by atoms with E-state index in [4.69, 9.17) is 9.47 Å². The van der Waals surface area contributed by atoms with E-state index in [1.54, 1.807) is 6.07 Å². The first kappa shape index (κ1) is 18.8. The molecular weight excluding hydrogens is 350 g/mol. The van der Waals surface area contributed by atoms with E-state index in [1.807, 2.05) is 35.7 Å². The molecule has 1 aromatic heterocycles. The van der Waals surface area contributed by atoms with Crippen LogP contribution >= 0.6 is 11.3 Å². The fraction of sp³-hybridized carbons (Fsp3) is 0.400. The lowest BCUT2D eigenvalue weighted by Gasteiger charge is -2.32. The van der Waals surface area contributed by atoms with Gasteiger partial charge in [-0.05, 0) is 35.9 Å². The number of carbonyl (C=O) groups excluding carboxylic acids is 2. The Bertz CT molecular complexity index is 743. The molecule has 3 rings (SSSR count). The number of hydrogen-bond donors (Lipinski definition) is 1. The lowest BCUT2D eigenvalue weighted by atomic mass is 10.1. The van der Waals surface area contributed by atoms with Crippen molar-refractivity contribution in [3.8, 4) is 0 Å². The topological polar surface area (TPSA) is 64.6 Å². The predicted octanol–water partition coefficient (Wildman–Crippen LogP) is 2.98. The van der Waals surface area contributed by atoms with Crippen LogP contribution in [0.25, 0.3) is 0 Å². The predicted molar refractivity (Wildman–Crippen MR) is 100 cm³/mol. The van der Waals surface area contributed by atoms with Crippen LogP contribution < -0.4 is 5.32 Å². The molecule has 1 aliphatic heterocycles. The number of hydrogen-bond acceptors (Lipinski definition) is 5. The van der Waals surface area contributed by atoms with E-state index < -0.39 is 0 Å². The van der Waals surface area contributed by atoms with Crippen molar-refractivity contribution in [2.75, 3.05) is 13.2 Å². The van der Waals surface area contributed by atoms with Gasteiger partial charge < -0.3 is 14.8 Å². The Labute approximate surface area is 157 Å². The zero-order chi connectivity index (χ0) is 18.4. The molecule has 0 radical (unpaired) electrons. The summed E-state index contributed by atoms with van der Waals surface area (Å²) in [6.07, 6.45) is 0.944. The second-order valence-electron chi connectivity index (χ2n) is 6.42. The lowest BCUT2D eigenvalue weighted by Crippen LogP contribution is -2.50. The molecule has 0 bridgehead atoms. The number of amides is 1. The Morgan fingerprint density at radius 3 is 2.81 bits per heavy atom. The number of ether oxygens (including phenoxy) is 2. The number of Topliss-reactive ketones (excluding diaryl/α,β-unsaturated/α-hetero) is 1. The third-order valence-electron chi connectivity index (χ3n) is 4.31. The first-order valence-corrected chi connectivity index (χ1v) is 9.61. The van der Waals surface area contributed by atoms with Crippen molar-refractivity contribution in [3.63, 3.8) is 0 Å². The number of ketones is 1. The molecule has 2 heterocycles. The number of rotatable bonds is 7. The van der Waals surface area contributed by atoms with E-state index in [1.165, 1.54) is 18.3 Å². The quantitative estimate of drug-likeness (QED) is 0.758. The summed E-state index contributed by atoms with van der Waals surface area (Å²) in [5.74, 6) is -0.0570. The fourth-order valence-corrected chi connectivity index (χ4v) is 3.74. The van der Waals surface area contributed by atoms with Gasteiger partial charge in [0.2, 0.25) is 5.91 Å². The average Bonchev–Trinajstić information content (AvgIpc) is 3.10. The average molecular weight is 373 g/mol. The SMILES string of the molecule is CC(=O)c1cc(CC(=O)N[C@@H]2COCC[C@@H]2OCc2ccccc2)cs1. The van der Waals surface area contributed by atoms with Gasteiger partial charge in [-0.25, -0.2) is 0 Å². The standard InChI is InChI=1S/C20H23NO4S/c1-14(22)19-9-16(13-26-19)10-20(23)21-17-12-24-8-7-18(17)25-11-15-5-3-2-4-6-15/h2-6,9,13,17-18H,7-8,10-12H2,1H3,(H,21,23)/t17-,18+/m1/s1. The van der Waals surface area contributed by atoms with Gasteiger partial charge in [0.05, 0.1) is 36.7 Å². The Balaban J connectivity index is 1.53. The number of thiophene rings is 1. The van der Waals surface area contributed by atoms with E-state index in [-0.39, 0.29) is 30.3 Å². The van der Waals surface area contributed by atoms with Gasteiger partial charge in [0.25, 0.3) is 0 Å². The molecule has 1 amide bonds. The van der Waals surface area contributed by atoms with Crippen LogP contribution in [-0.2, 0) is 27.3 Å². The van der Waals surface area contributed by atoms with Gasteiger partial charge >= 0.3 is 0 Å². The zero-order valence-electron chi connectivity index (χ0n) is 14.8. The second-order valence-corrected chi connectivity index (χ2v) is 7.34. The van der Waals surface area contributed by atoms with Gasteiger partial charge in [0.1, 0.15) is 0 Å². The Kier molecular flexibility index (Phi) is 6.55. The summed E-state index contributed by atoms with van der Waals surface area (Å²) in [6.45, 7) is 3.14. The van der Waals surface area contributed by atoms with Gasteiger partial charge in [0, 0.05) is 6.61 Å². The van der Waals surface area contributed by atoms with Crippen molar-refractivity contribution in [2.45, 2.75) is 38.5 Å². The van der Waals surface area contributed by atoms with Gasteiger partial charge in [-0.15, -0.1) is 11.3 Å². The van der Waals surface area contributed by atoms with Crippen LogP contribution in [0.1, 0.15) is 34.1 Å². The van der Waals surface area contributed by atoms with Gasteiger partial charge in [0.15, 0.2) is 5.78 Å². The third kappa shape index (κ3) is 5.24. The highest BCUT2D eigenvalue weighted by Gasteiger charge is 2.28. The van der Waals surface area contributed by atoms with Crippen LogP contribution in [0.15, 0.2) is 41.8 Å². The van der Waals surface area contributed by atoms with E-state index in [0.29, 0.717) is 24.7 Å². The van der Waals surface area contributed by atoms with Crippen LogP contribution in [0.4, 0.5) is 0 Å². The molecule has 1 aliphatic rings. The first-order valence-electron chi connectivity index (χ1n) is 8.73. The number of carbonyl (C=O) groups is 2. The summed E-state index contributed by atoms with van der Waals surface area (Å²) in [5, 5.41) is 4.88. The van der Waals surface area contributed by atoms with E-state index in [9.17, 15) is 9.59 Å². The van der Waals surface area contributed by atoms with E-state index in [0.717, 1.165) is 17.5 Å². The molecule has 26 heavy (non-hydrogen) atoms. The van der Waals surface area contributed by atoms with Crippen LogP contribution in [0, 0.1) is 0 Å². The molecular formula is C20H23NO4S. The number of benzene rings is 1. The second kappa shape index (κ2) is 9.07. The number of nitrogens with one attached hydrogen (secondary N) is 1. The van der Waals surface area contributed by atoms with Crippen LogP contribution in [-0.4, -0.2) is 37.0 Å². The third-order valence-corrected chi connectivity index (χ3v) is 5.39. The van der Waals surface area contributed by atoms with Crippen molar-refractivity contribution >= 4 is 23.0 Å². The molecule has 1 saturated heterocycles. The highest BCUT2D eigenvalue weighted by Crippen LogP contribution is 2.17. The molecule has 2 aromatic rings. The molecule has 1 aromatic carbocycles. The fourth-order valence-electron chi connectivity index (χ4n) is 2.93. The summed E-state index contributed by atoms with van der Waals surface area (Å²) >= 11 is 1.37. The van der Waals surface area contributed by atoms with E-state index in [2.05, 4.69) is 5.32 Å². The van der Waals surface area contributed by atoms with Crippen molar-refractivity contribution in [2.24, 2.45) is 0 Å². The molecule has 2 atom stereocenters. The maximum atomic E-state index is 12.4. The molecule has 1 fully saturated rings. The Hall–Kier alpha value is -2.02. The molecule has 0 spiro atoms. The van der Waals surface area contributed by atoms with Crippen molar-refractivity contribution in [1.29, 1.82) is 0 Å². The van der Waals surface area contributed by atoms with E-state index >= 15 is 0 Å². The zero-order valence-corrected chi connectivity index (χ0v) is 15.6. The van der Waals surface area contributed by atoms with Gasteiger partial charge in [-0.1, -0.05) is 30.3 Å². The summed E-state index contributed by atoms with van der Waals surface area (Å²) in [6, 6.07) is 11.6. The highest BCUT2D eigenvalue weighted by molar-refractivity contribution is 7.12. The Morgan fingerprint density at radius 1 is 1.27 bits per heavy atom. The molecule has 0 saturated carbocycles.